The van der Waals surface area contributed by atoms with Gasteiger partial charge in [0.05, 0.1) is 11.4 Å². The maximum atomic E-state index is 6.50. The first kappa shape index (κ1) is 30.8. The molecule has 254 valence electrons. The highest BCUT2D eigenvalue weighted by Crippen LogP contribution is 2.54. The zero-order chi connectivity index (χ0) is 36.0. The number of hydrogen-bond acceptors (Lipinski definition) is 3. The summed E-state index contributed by atoms with van der Waals surface area (Å²) in [5.41, 5.74) is 14.1. The molecule has 0 N–H and O–H groups in total. The van der Waals surface area contributed by atoms with Crippen LogP contribution in [0.25, 0.3) is 99.6 Å². The highest BCUT2D eigenvalue weighted by atomic mass is 16.3. The van der Waals surface area contributed by atoms with Crippen molar-refractivity contribution in [2.45, 2.75) is 19.3 Å². The van der Waals surface area contributed by atoms with E-state index in [-0.39, 0.29) is 5.41 Å². The van der Waals surface area contributed by atoms with Gasteiger partial charge >= 0.3 is 0 Å². The molecule has 0 fully saturated rings. The molecule has 3 nitrogen and oxygen atoms in total. The summed E-state index contributed by atoms with van der Waals surface area (Å²) in [5, 5.41) is 7.08. The van der Waals surface area contributed by atoms with Crippen LogP contribution in [0.15, 0.2) is 174 Å². The minimum atomic E-state index is -0.172. The molecule has 10 aromatic rings. The summed E-state index contributed by atoms with van der Waals surface area (Å²) in [6.07, 6.45) is 0. The standard InChI is InChI=1S/C51H34N2O/c1-51(2)44-29-33-17-7-6-16-32(33)28-43(44)40-22-12-21-39(48(40)51)36-26-27-37(35-19-9-8-18-34(35)36)45-30-46(53-50(52-45)31-14-4-3-5-15-31)42-24-13-23-41-38-20-10-11-25-47(38)54-49(41)42/h3-30H,1-2H3. The Morgan fingerprint density at radius 1 is 0.426 bits per heavy atom. The predicted molar refractivity (Wildman–Crippen MR) is 224 cm³/mol. The molecule has 0 atom stereocenters. The van der Waals surface area contributed by atoms with Gasteiger partial charge in [-0.3, -0.25) is 0 Å². The van der Waals surface area contributed by atoms with E-state index in [2.05, 4.69) is 153 Å². The molecule has 0 amide bonds. The van der Waals surface area contributed by atoms with Crippen LogP contribution in [0, 0.1) is 0 Å². The number of fused-ring (bicyclic) bond motifs is 8. The maximum Gasteiger partial charge on any atom is 0.160 e. The lowest BCUT2D eigenvalue weighted by Crippen LogP contribution is -2.16. The minimum Gasteiger partial charge on any atom is -0.455 e. The number of rotatable bonds is 4. The van der Waals surface area contributed by atoms with Crippen molar-refractivity contribution in [3.8, 4) is 56.2 Å². The second kappa shape index (κ2) is 11.6. The predicted octanol–water partition coefficient (Wildman–Crippen LogP) is 13.7. The third-order valence-electron chi connectivity index (χ3n) is 11.5. The molecule has 11 rings (SSSR count). The van der Waals surface area contributed by atoms with Crippen LogP contribution in [0.4, 0.5) is 0 Å². The summed E-state index contributed by atoms with van der Waals surface area (Å²) >= 11 is 0. The molecule has 0 radical (unpaired) electrons. The molecule has 3 heteroatoms. The number of furan rings is 1. The van der Waals surface area contributed by atoms with Crippen molar-refractivity contribution in [1.29, 1.82) is 0 Å². The summed E-state index contributed by atoms with van der Waals surface area (Å²) in [6.45, 7) is 4.76. The average Bonchev–Trinajstić information content (AvgIpc) is 3.71. The molecular formula is C51H34N2O. The topological polar surface area (TPSA) is 38.9 Å². The fraction of sp³-hybridized carbons (Fsp3) is 0.0588. The maximum absolute atomic E-state index is 6.50. The Morgan fingerprint density at radius 3 is 1.80 bits per heavy atom. The van der Waals surface area contributed by atoms with Gasteiger partial charge in [0.2, 0.25) is 0 Å². The zero-order valence-electron chi connectivity index (χ0n) is 30.0. The van der Waals surface area contributed by atoms with Crippen LogP contribution in [0.1, 0.15) is 25.0 Å². The number of aromatic nitrogens is 2. The number of para-hydroxylation sites is 2. The van der Waals surface area contributed by atoms with Gasteiger partial charge in [-0.25, -0.2) is 9.97 Å². The van der Waals surface area contributed by atoms with Crippen molar-refractivity contribution in [3.05, 3.63) is 181 Å². The Kier molecular flexibility index (Phi) is 6.60. The van der Waals surface area contributed by atoms with Gasteiger partial charge in [0.1, 0.15) is 11.2 Å². The first-order valence-corrected chi connectivity index (χ1v) is 18.6. The lowest BCUT2D eigenvalue weighted by molar-refractivity contribution is 0.663. The summed E-state index contributed by atoms with van der Waals surface area (Å²) in [4.78, 5) is 10.5. The minimum absolute atomic E-state index is 0.172. The molecule has 0 spiro atoms. The van der Waals surface area contributed by atoms with Crippen molar-refractivity contribution in [3.63, 3.8) is 0 Å². The van der Waals surface area contributed by atoms with Gasteiger partial charge in [-0.2, -0.15) is 0 Å². The van der Waals surface area contributed by atoms with E-state index >= 15 is 0 Å². The van der Waals surface area contributed by atoms with Gasteiger partial charge in [-0.05, 0) is 85.3 Å². The first-order chi connectivity index (χ1) is 26.5. The summed E-state index contributed by atoms with van der Waals surface area (Å²) in [6, 6.07) is 60.5. The van der Waals surface area contributed by atoms with Crippen LogP contribution in [0.3, 0.4) is 0 Å². The number of nitrogens with zero attached hydrogens (tertiary/aromatic N) is 2. The SMILES string of the molecule is CC1(C)c2cc3ccccc3cc2-c2cccc(-c3ccc(-c4cc(-c5cccc6c5oc5ccccc56)nc(-c5ccccc5)n4)c4ccccc34)c21. The van der Waals surface area contributed by atoms with Crippen LogP contribution >= 0.6 is 0 Å². The van der Waals surface area contributed by atoms with E-state index in [1.54, 1.807) is 0 Å². The molecule has 2 heterocycles. The second-order valence-corrected chi connectivity index (χ2v) is 14.9. The van der Waals surface area contributed by atoms with E-state index in [9.17, 15) is 0 Å². The van der Waals surface area contributed by atoms with Gasteiger partial charge in [0.25, 0.3) is 0 Å². The third kappa shape index (κ3) is 4.55. The zero-order valence-corrected chi connectivity index (χ0v) is 30.0. The molecule has 0 saturated carbocycles. The van der Waals surface area contributed by atoms with Crippen molar-refractivity contribution < 1.29 is 4.42 Å². The van der Waals surface area contributed by atoms with Crippen LogP contribution in [-0.2, 0) is 5.41 Å². The molecule has 1 aliphatic rings. The summed E-state index contributed by atoms with van der Waals surface area (Å²) in [5.74, 6) is 0.678. The van der Waals surface area contributed by atoms with Gasteiger partial charge < -0.3 is 4.42 Å². The normalized spacial score (nSPS) is 13.1. The molecule has 0 bridgehead atoms. The van der Waals surface area contributed by atoms with E-state index in [0.717, 1.165) is 55.4 Å². The number of hydrogen-bond donors (Lipinski definition) is 0. The van der Waals surface area contributed by atoms with Gasteiger partial charge in [-0.15, -0.1) is 0 Å². The van der Waals surface area contributed by atoms with Crippen LogP contribution in [-0.4, -0.2) is 9.97 Å². The molecule has 0 saturated heterocycles. The quantitative estimate of drug-likeness (QED) is 0.184. The van der Waals surface area contributed by atoms with Gasteiger partial charge in [-0.1, -0.05) is 153 Å². The van der Waals surface area contributed by atoms with Crippen molar-refractivity contribution >= 4 is 43.5 Å². The Hall–Kier alpha value is -6.84. The smallest absolute Gasteiger partial charge is 0.160 e. The van der Waals surface area contributed by atoms with E-state index in [4.69, 9.17) is 14.4 Å². The van der Waals surface area contributed by atoms with Crippen LogP contribution < -0.4 is 0 Å². The Labute approximate surface area is 313 Å². The van der Waals surface area contributed by atoms with E-state index in [1.165, 1.54) is 49.5 Å². The molecule has 0 aliphatic heterocycles. The second-order valence-electron chi connectivity index (χ2n) is 14.9. The van der Waals surface area contributed by atoms with E-state index < -0.39 is 0 Å². The Balaban J connectivity index is 1.12. The van der Waals surface area contributed by atoms with Crippen LogP contribution in [0.5, 0.6) is 0 Å². The first-order valence-electron chi connectivity index (χ1n) is 18.6. The fourth-order valence-electron chi connectivity index (χ4n) is 8.94. The molecular weight excluding hydrogens is 657 g/mol. The van der Waals surface area contributed by atoms with E-state index in [1.807, 2.05) is 30.3 Å². The Bertz CT molecular complexity index is 3130. The highest BCUT2D eigenvalue weighted by Gasteiger charge is 2.38. The average molecular weight is 691 g/mol. The van der Waals surface area contributed by atoms with Crippen LogP contribution in [0.2, 0.25) is 0 Å². The van der Waals surface area contributed by atoms with Crippen molar-refractivity contribution in [2.24, 2.45) is 0 Å². The van der Waals surface area contributed by atoms with Gasteiger partial charge in [0.15, 0.2) is 5.82 Å². The summed E-state index contributed by atoms with van der Waals surface area (Å²) in [7, 11) is 0. The largest absolute Gasteiger partial charge is 0.455 e. The Morgan fingerprint density at radius 2 is 1.00 bits per heavy atom. The lowest BCUT2D eigenvalue weighted by Gasteiger charge is -2.25. The molecule has 2 aromatic heterocycles. The van der Waals surface area contributed by atoms with Gasteiger partial charge in [0, 0.05) is 32.9 Å². The monoisotopic (exact) mass is 690 g/mol. The van der Waals surface area contributed by atoms with Crippen molar-refractivity contribution in [2.75, 3.05) is 0 Å². The fourth-order valence-corrected chi connectivity index (χ4v) is 8.94. The molecule has 54 heavy (non-hydrogen) atoms. The summed E-state index contributed by atoms with van der Waals surface area (Å²) < 4.78 is 6.50. The highest BCUT2D eigenvalue weighted by molar-refractivity contribution is 6.10. The third-order valence-corrected chi connectivity index (χ3v) is 11.5. The molecule has 8 aromatic carbocycles. The lowest BCUT2D eigenvalue weighted by atomic mass is 9.78. The van der Waals surface area contributed by atoms with E-state index in [0.29, 0.717) is 5.82 Å². The number of benzene rings is 8. The molecule has 1 aliphatic carbocycles. The van der Waals surface area contributed by atoms with Crippen molar-refractivity contribution in [1.82, 2.24) is 9.97 Å². The molecule has 0 unspecified atom stereocenters.